The molecule has 94 valence electrons. The minimum atomic E-state index is 0.468. The Labute approximate surface area is 108 Å². The summed E-state index contributed by atoms with van der Waals surface area (Å²) in [6.45, 7) is 6.63. The normalized spacial score (nSPS) is 11.3. The van der Waals surface area contributed by atoms with Crippen molar-refractivity contribution in [3.8, 4) is 5.75 Å². The van der Waals surface area contributed by atoms with Crippen LogP contribution < -0.4 is 10.1 Å². The van der Waals surface area contributed by atoms with E-state index in [4.69, 9.17) is 16.3 Å². The molecule has 0 unspecified atom stereocenters. The van der Waals surface area contributed by atoms with Crippen molar-refractivity contribution in [3.05, 3.63) is 35.6 Å². The van der Waals surface area contributed by atoms with Gasteiger partial charge in [0, 0.05) is 12.1 Å². The minimum absolute atomic E-state index is 0.468. The molecule has 0 saturated carbocycles. The number of hydrogen-bond donors (Lipinski definition) is 1. The van der Waals surface area contributed by atoms with Gasteiger partial charge in [0.2, 0.25) is 0 Å². The lowest BCUT2D eigenvalue weighted by Gasteiger charge is -2.07. The van der Waals surface area contributed by atoms with E-state index in [0.29, 0.717) is 12.5 Å². The number of nitrogens with one attached hydrogen (secondary N) is 1. The molecule has 17 heavy (non-hydrogen) atoms. The first-order chi connectivity index (χ1) is 8.22. The molecule has 0 aromatic carbocycles. The maximum atomic E-state index is 5.39. The van der Waals surface area contributed by atoms with Gasteiger partial charge in [0.05, 0.1) is 11.9 Å². The van der Waals surface area contributed by atoms with Crippen LogP contribution >= 0.6 is 11.6 Å². The molecule has 0 amide bonds. The monoisotopic (exact) mass is 254 g/mol. The fraction of sp³-hybridized carbons (Fsp3) is 0.462. The SMILES string of the molecule is CC(C)CNCc1ccc(OCC=CCl)cn1. The number of aromatic nitrogens is 1. The van der Waals surface area contributed by atoms with Crippen LogP contribution in [0.3, 0.4) is 0 Å². The van der Waals surface area contributed by atoms with Crippen LogP contribution in [-0.4, -0.2) is 18.1 Å². The Morgan fingerprint density at radius 1 is 1.47 bits per heavy atom. The number of hydrogen-bond acceptors (Lipinski definition) is 3. The van der Waals surface area contributed by atoms with Gasteiger partial charge in [-0.1, -0.05) is 25.4 Å². The van der Waals surface area contributed by atoms with Gasteiger partial charge >= 0.3 is 0 Å². The van der Waals surface area contributed by atoms with Gasteiger partial charge in [-0.3, -0.25) is 4.98 Å². The largest absolute Gasteiger partial charge is 0.488 e. The molecule has 1 aromatic heterocycles. The first-order valence-electron chi connectivity index (χ1n) is 5.76. The highest BCUT2D eigenvalue weighted by Gasteiger charge is 1.97. The molecule has 0 aliphatic heterocycles. The van der Waals surface area contributed by atoms with Crippen LogP contribution in [0.4, 0.5) is 0 Å². The average Bonchev–Trinajstić information content (AvgIpc) is 2.31. The molecule has 0 aliphatic rings. The van der Waals surface area contributed by atoms with Crippen molar-refractivity contribution in [1.29, 1.82) is 0 Å². The van der Waals surface area contributed by atoms with E-state index in [1.165, 1.54) is 5.54 Å². The van der Waals surface area contributed by atoms with Crippen molar-refractivity contribution in [2.24, 2.45) is 5.92 Å². The zero-order valence-corrected chi connectivity index (χ0v) is 11.1. The molecule has 0 aliphatic carbocycles. The third kappa shape index (κ3) is 6.29. The smallest absolute Gasteiger partial charge is 0.138 e. The third-order valence-electron chi connectivity index (χ3n) is 2.09. The molecule has 0 fully saturated rings. The Bertz CT molecular complexity index is 336. The molecular weight excluding hydrogens is 236 g/mol. The molecule has 4 heteroatoms. The fourth-order valence-corrected chi connectivity index (χ4v) is 1.34. The van der Waals surface area contributed by atoms with E-state index in [1.807, 2.05) is 12.1 Å². The minimum Gasteiger partial charge on any atom is -0.488 e. The first-order valence-corrected chi connectivity index (χ1v) is 6.19. The summed E-state index contributed by atoms with van der Waals surface area (Å²) in [6.07, 6.45) is 3.47. The maximum Gasteiger partial charge on any atom is 0.138 e. The van der Waals surface area contributed by atoms with Crippen molar-refractivity contribution in [2.45, 2.75) is 20.4 Å². The summed E-state index contributed by atoms with van der Waals surface area (Å²) in [5.74, 6) is 1.41. The molecule has 0 atom stereocenters. The summed E-state index contributed by atoms with van der Waals surface area (Å²) < 4.78 is 5.39. The highest BCUT2D eigenvalue weighted by molar-refractivity contribution is 6.25. The Morgan fingerprint density at radius 2 is 2.29 bits per heavy atom. The van der Waals surface area contributed by atoms with E-state index < -0.39 is 0 Å². The van der Waals surface area contributed by atoms with Crippen molar-refractivity contribution >= 4 is 11.6 Å². The van der Waals surface area contributed by atoms with E-state index in [0.717, 1.165) is 24.5 Å². The summed E-state index contributed by atoms with van der Waals surface area (Å²) in [7, 11) is 0. The van der Waals surface area contributed by atoms with Crippen molar-refractivity contribution in [1.82, 2.24) is 10.3 Å². The lowest BCUT2D eigenvalue weighted by Crippen LogP contribution is -2.19. The van der Waals surface area contributed by atoms with Gasteiger partial charge in [-0.25, -0.2) is 0 Å². The van der Waals surface area contributed by atoms with Crippen molar-refractivity contribution < 1.29 is 4.74 Å². The zero-order chi connectivity index (χ0) is 12.5. The van der Waals surface area contributed by atoms with E-state index in [-0.39, 0.29) is 0 Å². The molecule has 1 rings (SSSR count). The summed E-state index contributed by atoms with van der Waals surface area (Å²) in [6, 6.07) is 3.88. The summed E-state index contributed by atoms with van der Waals surface area (Å²) in [5, 5.41) is 3.34. The highest BCUT2D eigenvalue weighted by Crippen LogP contribution is 2.09. The molecule has 1 aromatic rings. The first kappa shape index (κ1) is 14.0. The second-order valence-electron chi connectivity index (χ2n) is 4.18. The molecule has 0 radical (unpaired) electrons. The lowest BCUT2D eigenvalue weighted by atomic mass is 10.2. The molecule has 3 nitrogen and oxygen atoms in total. The standard InChI is InChI=1S/C13H19ClN2O/c1-11(2)8-15-9-12-4-5-13(10-16-12)17-7-3-6-14/h3-6,10-11,15H,7-9H2,1-2H3. The molecule has 0 bridgehead atoms. The second-order valence-corrected chi connectivity index (χ2v) is 4.43. The average molecular weight is 255 g/mol. The number of rotatable bonds is 7. The van der Waals surface area contributed by atoms with Gasteiger partial charge < -0.3 is 10.1 Å². The van der Waals surface area contributed by atoms with Crippen LogP contribution in [0.25, 0.3) is 0 Å². The lowest BCUT2D eigenvalue weighted by molar-refractivity contribution is 0.361. The summed E-state index contributed by atoms with van der Waals surface area (Å²) in [5.41, 5.74) is 2.46. The predicted molar refractivity (Wildman–Crippen MR) is 71.3 cm³/mol. The Balaban J connectivity index is 2.34. The van der Waals surface area contributed by atoms with E-state index in [1.54, 1.807) is 12.3 Å². The van der Waals surface area contributed by atoms with Gasteiger partial charge in [0.25, 0.3) is 0 Å². The number of halogens is 1. The Hall–Kier alpha value is -1.06. The Morgan fingerprint density at radius 3 is 2.88 bits per heavy atom. The van der Waals surface area contributed by atoms with Gasteiger partial charge in [-0.05, 0) is 30.7 Å². The summed E-state index contributed by atoms with van der Waals surface area (Å²) >= 11 is 5.39. The number of pyridine rings is 1. The quantitative estimate of drug-likeness (QED) is 0.812. The van der Waals surface area contributed by atoms with Gasteiger partial charge in [-0.2, -0.15) is 0 Å². The predicted octanol–water partition coefficient (Wildman–Crippen LogP) is 2.96. The Kier molecular flexibility index (Phi) is 6.67. The molecule has 0 spiro atoms. The van der Waals surface area contributed by atoms with Crippen LogP contribution in [-0.2, 0) is 6.54 Å². The van der Waals surface area contributed by atoms with E-state index in [9.17, 15) is 0 Å². The highest BCUT2D eigenvalue weighted by atomic mass is 35.5. The van der Waals surface area contributed by atoms with Crippen LogP contribution in [0.15, 0.2) is 29.9 Å². The zero-order valence-electron chi connectivity index (χ0n) is 10.3. The van der Waals surface area contributed by atoms with Gasteiger partial charge in [0.1, 0.15) is 12.4 Å². The van der Waals surface area contributed by atoms with Crippen LogP contribution in [0, 0.1) is 5.92 Å². The van der Waals surface area contributed by atoms with Gasteiger partial charge in [0.15, 0.2) is 0 Å². The van der Waals surface area contributed by atoms with E-state index >= 15 is 0 Å². The second kappa shape index (κ2) is 8.09. The van der Waals surface area contributed by atoms with Crippen LogP contribution in [0.2, 0.25) is 0 Å². The number of ether oxygens (including phenoxy) is 1. The maximum absolute atomic E-state index is 5.39. The molecule has 1 heterocycles. The molecule has 1 N–H and O–H groups in total. The van der Waals surface area contributed by atoms with Crippen molar-refractivity contribution in [3.63, 3.8) is 0 Å². The third-order valence-corrected chi connectivity index (χ3v) is 2.27. The molecule has 0 saturated heterocycles. The summed E-state index contributed by atoms with van der Waals surface area (Å²) in [4.78, 5) is 4.31. The molecular formula is C13H19ClN2O. The van der Waals surface area contributed by atoms with Crippen molar-refractivity contribution in [2.75, 3.05) is 13.2 Å². The van der Waals surface area contributed by atoms with E-state index in [2.05, 4.69) is 24.1 Å². The van der Waals surface area contributed by atoms with Crippen LogP contribution in [0.1, 0.15) is 19.5 Å². The fourth-order valence-electron chi connectivity index (χ4n) is 1.27. The topological polar surface area (TPSA) is 34.1 Å². The van der Waals surface area contributed by atoms with Crippen LogP contribution in [0.5, 0.6) is 5.75 Å². The number of nitrogens with zero attached hydrogens (tertiary/aromatic N) is 1. The van der Waals surface area contributed by atoms with Gasteiger partial charge in [-0.15, -0.1) is 0 Å².